The summed E-state index contributed by atoms with van der Waals surface area (Å²) in [6.07, 6.45) is 2.12. The van der Waals surface area contributed by atoms with Gasteiger partial charge < -0.3 is 15.8 Å². The van der Waals surface area contributed by atoms with E-state index in [4.69, 9.17) is 10.5 Å². The number of nitrogens with zero attached hydrogens (tertiary/aromatic N) is 2. The highest BCUT2D eigenvalue weighted by Gasteiger charge is 2.05. The van der Waals surface area contributed by atoms with Gasteiger partial charge in [-0.25, -0.2) is 14.4 Å². The summed E-state index contributed by atoms with van der Waals surface area (Å²) >= 11 is 0. The SMILES string of the molecule is Cc1ncnc(NCCCOCCN)c1F. The van der Waals surface area contributed by atoms with Crippen LogP contribution in [-0.4, -0.2) is 36.3 Å². The lowest BCUT2D eigenvalue weighted by Crippen LogP contribution is -2.12. The van der Waals surface area contributed by atoms with Crippen molar-refractivity contribution in [3.8, 4) is 0 Å². The summed E-state index contributed by atoms with van der Waals surface area (Å²) in [5.74, 6) is -0.156. The molecule has 0 amide bonds. The minimum absolute atomic E-state index is 0.242. The molecule has 0 unspecified atom stereocenters. The van der Waals surface area contributed by atoms with Crippen molar-refractivity contribution in [1.29, 1.82) is 0 Å². The fourth-order valence-corrected chi connectivity index (χ4v) is 1.15. The molecule has 5 nitrogen and oxygen atoms in total. The van der Waals surface area contributed by atoms with Crippen LogP contribution in [0.5, 0.6) is 0 Å². The van der Waals surface area contributed by atoms with Crippen LogP contribution in [0.25, 0.3) is 0 Å². The van der Waals surface area contributed by atoms with Gasteiger partial charge in [-0.1, -0.05) is 0 Å². The number of aryl methyl sites for hydroxylation is 1. The van der Waals surface area contributed by atoms with Crippen LogP contribution in [-0.2, 0) is 4.74 Å². The second-order valence-corrected chi connectivity index (χ2v) is 3.30. The number of hydrogen-bond acceptors (Lipinski definition) is 5. The van der Waals surface area contributed by atoms with E-state index in [1.807, 2.05) is 0 Å². The summed E-state index contributed by atoms with van der Waals surface area (Å²) in [6.45, 7) is 3.90. The van der Waals surface area contributed by atoms with Gasteiger partial charge in [0.25, 0.3) is 0 Å². The summed E-state index contributed by atoms with van der Waals surface area (Å²) in [5.41, 5.74) is 5.61. The fraction of sp³-hybridized carbons (Fsp3) is 0.600. The van der Waals surface area contributed by atoms with E-state index in [9.17, 15) is 4.39 Å². The minimum atomic E-state index is -0.398. The van der Waals surface area contributed by atoms with Crippen LogP contribution >= 0.6 is 0 Å². The molecule has 1 heterocycles. The molecule has 0 aromatic carbocycles. The van der Waals surface area contributed by atoms with E-state index in [1.54, 1.807) is 6.92 Å². The molecule has 0 atom stereocenters. The molecule has 0 aliphatic rings. The zero-order chi connectivity index (χ0) is 11.8. The Balaban J connectivity index is 2.24. The summed E-state index contributed by atoms with van der Waals surface area (Å²) in [7, 11) is 0. The van der Waals surface area contributed by atoms with E-state index < -0.39 is 5.82 Å². The first kappa shape index (κ1) is 12.8. The molecule has 0 fully saturated rings. The third-order valence-corrected chi connectivity index (χ3v) is 1.98. The number of ether oxygens (including phenoxy) is 1. The highest BCUT2D eigenvalue weighted by atomic mass is 19.1. The number of rotatable bonds is 7. The Morgan fingerprint density at radius 1 is 1.44 bits per heavy atom. The Bertz CT molecular complexity index is 322. The summed E-state index contributed by atoms with van der Waals surface area (Å²) in [4.78, 5) is 7.56. The molecule has 1 aromatic heterocycles. The van der Waals surface area contributed by atoms with Gasteiger partial charge in [0.05, 0.1) is 12.3 Å². The number of aromatic nitrogens is 2. The first-order chi connectivity index (χ1) is 7.75. The molecule has 0 saturated heterocycles. The van der Waals surface area contributed by atoms with E-state index >= 15 is 0 Å². The van der Waals surface area contributed by atoms with Gasteiger partial charge in [0.2, 0.25) is 0 Å². The van der Waals surface area contributed by atoms with Crippen LogP contribution in [0.3, 0.4) is 0 Å². The average molecular weight is 228 g/mol. The Kier molecular flexibility index (Phi) is 5.66. The van der Waals surface area contributed by atoms with Crippen molar-refractivity contribution in [1.82, 2.24) is 9.97 Å². The maximum Gasteiger partial charge on any atom is 0.186 e. The van der Waals surface area contributed by atoms with Crippen LogP contribution in [0.2, 0.25) is 0 Å². The maximum atomic E-state index is 13.4. The number of hydrogen-bond donors (Lipinski definition) is 2. The van der Waals surface area contributed by atoms with E-state index in [0.29, 0.717) is 32.0 Å². The molecule has 0 bridgehead atoms. The molecule has 0 aliphatic carbocycles. The molecule has 90 valence electrons. The molecule has 6 heteroatoms. The second kappa shape index (κ2) is 7.08. The van der Waals surface area contributed by atoms with Gasteiger partial charge in [0, 0.05) is 19.7 Å². The van der Waals surface area contributed by atoms with E-state index in [1.165, 1.54) is 6.33 Å². The van der Waals surface area contributed by atoms with E-state index in [0.717, 1.165) is 6.42 Å². The van der Waals surface area contributed by atoms with Gasteiger partial charge >= 0.3 is 0 Å². The van der Waals surface area contributed by atoms with Gasteiger partial charge in [-0.2, -0.15) is 0 Å². The van der Waals surface area contributed by atoms with E-state index in [-0.39, 0.29) is 5.82 Å². The van der Waals surface area contributed by atoms with Gasteiger partial charge in [0.15, 0.2) is 11.6 Å². The highest BCUT2D eigenvalue weighted by molar-refractivity contribution is 5.36. The zero-order valence-electron chi connectivity index (χ0n) is 9.37. The fourth-order valence-electron chi connectivity index (χ4n) is 1.15. The molecule has 0 radical (unpaired) electrons. The second-order valence-electron chi connectivity index (χ2n) is 3.30. The number of nitrogens with two attached hydrogens (primary N) is 1. The van der Waals surface area contributed by atoms with Crippen LogP contribution in [0.15, 0.2) is 6.33 Å². The molecule has 1 aromatic rings. The Hall–Kier alpha value is -1.27. The summed E-state index contributed by atoms with van der Waals surface area (Å²) in [5, 5.41) is 2.89. The van der Waals surface area contributed by atoms with Gasteiger partial charge in [-0.3, -0.25) is 0 Å². The standard InChI is InChI=1S/C10H17FN4O/c1-8-9(11)10(15-7-14-8)13-4-2-5-16-6-3-12/h7H,2-6,12H2,1H3,(H,13,14,15). The molecular formula is C10H17FN4O. The van der Waals surface area contributed by atoms with Crippen molar-refractivity contribution < 1.29 is 9.13 Å². The minimum Gasteiger partial charge on any atom is -0.380 e. The number of nitrogens with one attached hydrogen (secondary N) is 1. The first-order valence-corrected chi connectivity index (χ1v) is 5.24. The smallest absolute Gasteiger partial charge is 0.186 e. The van der Waals surface area contributed by atoms with Gasteiger partial charge in [0.1, 0.15) is 6.33 Å². The third-order valence-electron chi connectivity index (χ3n) is 1.98. The first-order valence-electron chi connectivity index (χ1n) is 5.24. The predicted molar refractivity (Wildman–Crippen MR) is 59.7 cm³/mol. The third kappa shape index (κ3) is 4.08. The van der Waals surface area contributed by atoms with Crippen molar-refractivity contribution in [2.75, 3.05) is 31.6 Å². The molecule has 1 rings (SSSR count). The van der Waals surface area contributed by atoms with Gasteiger partial charge in [-0.15, -0.1) is 0 Å². The van der Waals surface area contributed by atoms with E-state index in [2.05, 4.69) is 15.3 Å². The largest absolute Gasteiger partial charge is 0.380 e. The monoisotopic (exact) mass is 228 g/mol. The quantitative estimate of drug-likeness (QED) is 0.672. The normalized spacial score (nSPS) is 10.4. The van der Waals surface area contributed by atoms with Crippen LogP contribution < -0.4 is 11.1 Å². The highest BCUT2D eigenvalue weighted by Crippen LogP contribution is 2.11. The zero-order valence-corrected chi connectivity index (χ0v) is 9.37. The van der Waals surface area contributed by atoms with Crippen molar-refractivity contribution in [2.45, 2.75) is 13.3 Å². The Morgan fingerprint density at radius 3 is 3.00 bits per heavy atom. The van der Waals surface area contributed by atoms with Crippen molar-refractivity contribution in [3.63, 3.8) is 0 Å². The van der Waals surface area contributed by atoms with Crippen LogP contribution in [0, 0.1) is 12.7 Å². The molecule has 3 N–H and O–H groups in total. The van der Waals surface area contributed by atoms with Crippen molar-refractivity contribution in [2.24, 2.45) is 5.73 Å². The average Bonchev–Trinajstić information content (AvgIpc) is 2.29. The Labute approximate surface area is 94.2 Å². The molecular weight excluding hydrogens is 211 g/mol. The molecule has 0 spiro atoms. The lowest BCUT2D eigenvalue weighted by molar-refractivity contribution is 0.141. The van der Waals surface area contributed by atoms with Gasteiger partial charge in [-0.05, 0) is 13.3 Å². The topological polar surface area (TPSA) is 73.1 Å². The lowest BCUT2D eigenvalue weighted by Gasteiger charge is -2.07. The van der Waals surface area contributed by atoms with Crippen molar-refractivity contribution in [3.05, 3.63) is 17.8 Å². The predicted octanol–water partition coefficient (Wildman–Crippen LogP) is 0.701. The molecule has 16 heavy (non-hydrogen) atoms. The lowest BCUT2D eigenvalue weighted by atomic mass is 10.4. The van der Waals surface area contributed by atoms with Crippen molar-refractivity contribution >= 4 is 5.82 Å². The summed E-state index contributed by atoms with van der Waals surface area (Å²) in [6, 6.07) is 0. The molecule has 0 saturated carbocycles. The van der Waals surface area contributed by atoms with Crippen LogP contribution in [0.1, 0.15) is 12.1 Å². The molecule has 0 aliphatic heterocycles. The summed E-state index contributed by atoms with van der Waals surface area (Å²) < 4.78 is 18.6. The Morgan fingerprint density at radius 2 is 2.25 bits per heavy atom. The number of anilines is 1. The maximum absolute atomic E-state index is 13.4. The van der Waals surface area contributed by atoms with Crippen LogP contribution in [0.4, 0.5) is 10.2 Å². The number of halogens is 1.